The second kappa shape index (κ2) is 36.1. The summed E-state index contributed by atoms with van der Waals surface area (Å²) >= 11 is 0. The number of phosphoric ester groups is 1. The minimum atomic E-state index is -4.53. The maximum atomic E-state index is 12.6. The van der Waals surface area contributed by atoms with E-state index in [1.54, 1.807) is 6.26 Å². The average molecular weight is 746 g/mol. The summed E-state index contributed by atoms with van der Waals surface area (Å²) in [6, 6.07) is 0. The molecule has 0 aromatic heterocycles. The highest BCUT2D eigenvalue weighted by Crippen LogP contribution is 2.38. The fraction of sp³-hybridized carbons (Fsp3) is 0.929. The molecule has 0 saturated carbocycles. The molecule has 0 aliphatic carbocycles. The molecule has 0 aliphatic rings. The van der Waals surface area contributed by atoms with Gasteiger partial charge in [-0.3, -0.25) is 9.36 Å². The van der Waals surface area contributed by atoms with E-state index in [9.17, 15) is 14.3 Å². The molecule has 0 heterocycles. The standard InChI is InChI=1S/C42H84NO7P/c1-6-8-10-12-14-16-18-20-21-22-24-26-28-30-32-34-37-47-39-41(40-49-51(45,46)48-38-36-43(3,4)5)50-42(44)35-33-31-29-27-25-23-19-17-15-13-11-9-7-2/h34,37,41H,6-33,35-36,38-40H2,1-5H3/b37-34-/t41-/m0/s1. The molecule has 0 fully saturated rings. The number of carbonyl (C=O) groups is 1. The Hall–Kier alpha value is -0.920. The summed E-state index contributed by atoms with van der Waals surface area (Å²) in [4.78, 5) is 25.0. The van der Waals surface area contributed by atoms with Gasteiger partial charge in [0.2, 0.25) is 0 Å². The third kappa shape index (κ3) is 40.1. The third-order valence-corrected chi connectivity index (χ3v) is 10.4. The van der Waals surface area contributed by atoms with Crippen molar-refractivity contribution in [1.29, 1.82) is 0 Å². The first kappa shape index (κ1) is 50.1. The van der Waals surface area contributed by atoms with E-state index in [1.165, 1.54) is 148 Å². The first-order valence-electron chi connectivity index (χ1n) is 21.5. The van der Waals surface area contributed by atoms with Gasteiger partial charge in [-0.1, -0.05) is 174 Å². The van der Waals surface area contributed by atoms with Gasteiger partial charge >= 0.3 is 5.97 Å². The summed E-state index contributed by atoms with van der Waals surface area (Å²) in [6.45, 7) is 4.76. The van der Waals surface area contributed by atoms with Crippen LogP contribution >= 0.6 is 7.82 Å². The molecule has 0 spiro atoms. The molecule has 0 amide bonds. The van der Waals surface area contributed by atoms with Crippen molar-refractivity contribution in [1.82, 2.24) is 0 Å². The number of esters is 1. The summed E-state index contributed by atoms with van der Waals surface area (Å²) in [7, 11) is 1.34. The summed E-state index contributed by atoms with van der Waals surface area (Å²) in [6.07, 6.45) is 38.8. The van der Waals surface area contributed by atoms with Crippen molar-refractivity contribution in [3.05, 3.63) is 12.3 Å². The van der Waals surface area contributed by atoms with Crippen LogP contribution in [0, 0.1) is 0 Å². The molecule has 51 heavy (non-hydrogen) atoms. The molecule has 0 saturated heterocycles. The molecule has 2 atom stereocenters. The summed E-state index contributed by atoms with van der Waals surface area (Å²) in [5.41, 5.74) is 0. The number of phosphoric acid groups is 1. The van der Waals surface area contributed by atoms with E-state index in [-0.39, 0.29) is 25.8 Å². The van der Waals surface area contributed by atoms with Crippen LogP contribution in [0.15, 0.2) is 12.3 Å². The van der Waals surface area contributed by atoms with Gasteiger partial charge in [0.05, 0.1) is 34.0 Å². The minimum absolute atomic E-state index is 0.0201. The highest BCUT2D eigenvalue weighted by molar-refractivity contribution is 7.45. The van der Waals surface area contributed by atoms with Crippen LogP contribution in [0.3, 0.4) is 0 Å². The zero-order chi connectivity index (χ0) is 37.7. The SMILES string of the molecule is CCCCCCCCCCCCCCCC/C=C\OC[C@@H](COP(=O)([O-])OCC[N+](C)(C)C)OC(=O)CCCCCCCCCCCCCCC. The van der Waals surface area contributed by atoms with E-state index in [1.807, 2.05) is 27.2 Å². The predicted octanol–water partition coefficient (Wildman–Crippen LogP) is 12.0. The molecule has 1 unspecified atom stereocenters. The zero-order valence-corrected chi connectivity index (χ0v) is 35.2. The van der Waals surface area contributed by atoms with Gasteiger partial charge in [0.15, 0.2) is 6.10 Å². The molecule has 0 rings (SSSR count). The van der Waals surface area contributed by atoms with Crippen molar-refractivity contribution >= 4 is 13.8 Å². The monoisotopic (exact) mass is 746 g/mol. The Morgan fingerprint density at radius 1 is 0.608 bits per heavy atom. The lowest BCUT2D eigenvalue weighted by molar-refractivity contribution is -0.870. The van der Waals surface area contributed by atoms with Crippen molar-refractivity contribution in [2.45, 2.75) is 206 Å². The van der Waals surface area contributed by atoms with Crippen molar-refractivity contribution in [2.75, 3.05) is 47.5 Å². The third-order valence-electron chi connectivity index (χ3n) is 9.41. The number of hydrogen-bond acceptors (Lipinski definition) is 7. The smallest absolute Gasteiger partial charge is 0.306 e. The Morgan fingerprint density at radius 3 is 1.45 bits per heavy atom. The fourth-order valence-electron chi connectivity index (χ4n) is 6.04. The number of rotatable bonds is 40. The molecule has 0 bridgehead atoms. The predicted molar refractivity (Wildman–Crippen MR) is 213 cm³/mol. The largest absolute Gasteiger partial charge is 0.756 e. The molecule has 0 radical (unpaired) electrons. The van der Waals surface area contributed by atoms with Gasteiger partial charge in [-0.05, 0) is 25.3 Å². The molecule has 0 aromatic carbocycles. The lowest BCUT2D eigenvalue weighted by atomic mass is 10.0. The summed E-state index contributed by atoms with van der Waals surface area (Å²) in [5.74, 6) is -0.353. The number of ether oxygens (including phenoxy) is 2. The summed E-state index contributed by atoms with van der Waals surface area (Å²) < 4.78 is 34.3. The topological polar surface area (TPSA) is 94.1 Å². The number of unbranched alkanes of at least 4 members (excludes halogenated alkanes) is 26. The van der Waals surface area contributed by atoms with Crippen LogP contribution in [0.4, 0.5) is 0 Å². The lowest BCUT2D eigenvalue weighted by Crippen LogP contribution is -2.37. The van der Waals surface area contributed by atoms with E-state index >= 15 is 0 Å². The van der Waals surface area contributed by atoms with Crippen LogP contribution in [0.1, 0.15) is 200 Å². The van der Waals surface area contributed by atoms with Crippen LogP contribution in [-0.2, 0) is 27.9 Å². The van der Waals surface area contributed by atoms with Crippen LogP contribution in [-0.4, -0.2) is 64.1 Å². The number of allylic oxidation sites excluding steroid dienone is 1. The van der Waals surface area contributed by atoms with Crippen LogP contribution in [0.25, 0.3) is 0 Å². The van der Waals surface area contributed by atoms with Gasteiger partial charge in [0, 0.05) is 6.42 Å². The first-order chi connectivity index (χ1) is 24.6. The second-order valence-corrected chi connectivity index (χ2v) is 17.2. The molecule has 8 nitrogen and oxygen atoms in total. The van der Waals surface area contributed by atoms with Crippen molar-refractivity contribution in [3.8, 4) is 0 Å². The van der Waals surface area contributed by atoms with Gasteiger partial charge in [-0.15, -0.1) is 0 Å². The highest BCUT2D eigenvalue weighted by Gasteiger charge is 2.20. The quantitative estimate of drug-likeness (QED) is 0.0203. The Morgan fingerprint density at radius 2 is 1.02 bits per heavy atom. The number of hydrogen-bond donors (Lipinski definition) is 0. The molecule has 0 N–H and O–H groups in total. The lowest BCUT2D eigenvalue weighted by Gasteiger charge is -2.28. The second-order valence-electron chi connectivity index (χ2n) is 15.8. The Kier molecular flexibility index (Phi) is 35.4. The minimum Gasteiger partial charge on any atom is -0.756 e. The van der Waals surface area contributed by atoms with Gasteiger partial charge < -0.3 is 27.9 Å². The Balaban J connectivity index is 4.27. The first-order valence-corrected chi connectivity index (χ1v) is 22.9. The van der Waals surface area contributed by atoms with Crippen molar-refractivity contribution in [3.63, 3.8) is 0 Å². The molecule has 304 valence electrons. The maximum Gasteiger partial charge on any atom is 0.306 e. The van der Waals surface area contributed by atoms with Crippen LogP contribution in [0.2, 0.25) is 0 Å². The fourth-order valence-corrected chi connectivity index (χ4v) is 6.77. The maximum absolute atomic E-state index is 12.6. The zero-order valence-electron chi connectivity index (χ0n) is 34.3. The van der Waals surface area contributed by atoms with E-state index in [4.69, 9.17) is 18.5 Å². The average Bonchev–Trinajstić information content (AvgIpc) is 3.08. The van der Waals surface area contributed by atoms with E-state index in [0.717, 1.165) is 32.1 Å². The van der Waals surface area contributed by atoms with Gasteiger partial charge in [0.25, 0.3) is 7.82 Å². The normalized spacial score (nSPS) is 13.8. The molecule has 0 aromatic rings. The molecular weight excluding hydrogens is 661 g/mol. The Labute approximate surface area is 316 Å². The van der Waals surface area contributed by atoms with E-state index in [0.29, 0.717) is 17.4 Å². The molecule has 9 heteroatoms. The number of quaternary nitrogens is 1. The molecular formula is C42H84NO7P. The van der Waals surface area contributed by atoms with Gasteiger partial charge in [0.1, 0.15) is 19.8 Å². The number of nitrogens with zero attached hydrogens (tertiary/aromatic N) is 1. The summed E-state index contributed by atoms with van der Waals surface area (Å²) in [5, 5.41) is 0. The number of carbonyl (C=O) groups excluding carboxylic acids is 1. The van der Waals surface area contributed by atoms with Crippen LogP contribution < -0.4 is 4.89 Å². The number of likely N-dealkylation sites (N-methyl/N-ethyl adjacent to an activating group) is 1. The van der Waals surface area contributed by atoms with E-state index in [2.05, 4.69) is 13.8 Å². The Bertz CT molecular complexity index is 833. The van der Waals surface area contributed by atoms with Gasteiger partial charge in [-0.25, -0.2) is 0 Å². The van der Waals surface area contributed by atoms with Gasteiger partial charge in [-0.2, -0.15) is 0 Å². The van der Waals surface area contributed by atoms with Crippen molar-refractivity contribution < 1.29 is 37.3 Å². The van der Waals surface area contributed by atoms with E-state index < -0.39 is 13.9 Å². The highest BCUT2D eigenvalue weighted by atomic mass is 31.2. The molecule has 0 aliphatic heterocycles. The van der Waals surface area contributed by atoms with Crippen molar-refractivity contribution in [2.24, 2.45) is 0 Å². The van der Waals surface area contributed by atoms with Crippen LogP contribution in [0.5, 0.6) is 0 Å².